The van der Waals surface area contributed by atoms with Crippen LogP contribution in [0, 0.1) is 6.92 Å². The molecule has 0 aliphatic heterocycles. The molecule has 0 fully saturated rings. The second kappa shape index (κ2) is 13.8. The molecule has 5 nitrogen and oxygen atoms in total. The highest BCUT2D eigenvalue weighted by Crippen LogP contribution is 2.31. The molecule has 3 rings (SSSR count). The van der Waals surface area contributed by atoms with Crippen molar-refractivity contribution in [1.82, 2.24) is 10.2 Å². The summed E-state index contributed by atoms with van der Waals surface area (Å²) in [4.78, 5) is 29.1. The van der Waals surface area contributed by atoms with Gasteiger partial charge in [-0.05, 0) is 47.1 Å². The Morgan fingerprint density at radius 1 is 0.921 bits per heavy atom. The first-order valence-electron chi connectivity index (χ1n) is 13.6. The fourth-order valence-electron chi connectivity index (χ4n) is 4.47. The highest BCUT2D eigenvalue weighted by Gasteiger charge is 2.31. The number of unbranched alkanes of at least 4 members (excludes halogenated alkanes) is 1. The quantitative estimate of drug-likeness (QED) is 0.292. The molecule has 5 heteroatoms. The van der Waals surface area contributed by atoms with Crippen LogP contribution in [0.25, 0.3) is 0 Å². The number of hydrogen-bond acceptors (Lipinski definition) is 3. The topological polar surface area (TPSA) is 58.6 Å². The molecule has 0 bridgehead atoms. The molecule has 38 heavy (non-hydrogen) atoms. The van der Waals surface area contributed by atoms with Crippen molar-refractivity contribution in [2.24, 2.45) is 0 Å². The minimum Gasteiger partial charge on any atom is -0.483 e. The van der Waals surface area contributed by atoms with Crippen LogP contribution in [0.15, 0.2) is 78.9 Å². The van der Waals surface area contributed by atoms with Crippen molar-refractivity contribution in [2.45, 2.75) is 71.9 Å². The molecule has 0 unspecified atom stereocenters. The lowest BCUT2D eigenvalue weighted by molar-refractivity contribution is -0.142. The van der Waals surface area contributed by atoms with Crippen LogP contribution >= 0.6 is 0 Å². The summed E-state index contributed by atoms with van der Waals surface area (Å²) < 4.78 is 6.13. The van der Waals surface area contributed by atoms with Crippen molar-refractivity contribution < 1.29 is 14.3 Å². The van der Waals surface area contributed by atoms with Gasteiger partial charge in [-0.25, -0.2) is 0 Å². The van der Waals surface area contributed by atoms with Gasteiger partial charge in [0.05, 0.1) is 0 Å². The number of para-hydroxylation sites is 1. The van der Waals surface area contributed by atoms with Crippen molar-refractivity contribution in [3.05, 3.63) is 101 Å². The van der Waals surface area contributed by atoms with Gasteiger partial charge < -0.3 is 15.0 Å². The van der Waals surface area contributed by atoms with E-state index in [0.717, 1.165) is 35.1 Å². The maximum Gasteiger partial charge on any atom is 0.261 e. The molecule has 0 aliphatic rings. The van der Waals surface area contributed by atoms with Crippen LogP contribution in [0.3, 0.4) is 0 Å². The van der Waals surface area contributed by atoms with Gasteiger partial charge in [0.1, 0.15) is 11.8 Å². The summed E-state index contributed by atoms with van der Waals surface area (Å²) in [6.07, 6.45) is 2.30. The second-order valence-electron chi connectivity index (χ2n) is 10.8. The van der Waals surface area contributed by atoms with Crippen LogP contribution < -0.4 is 10.1 Å². The minimum absolute atomic E-state index is 0.129. The van der Waals surface area contributed by atoms with E-state index in [1.54, 1.807) is 4.90 Å². The number of amides is 2. The fourth-order valence-corrected chi connectivity index (χ4v) is 4.47. The molecule has 0 aliphatic carbocycles. The van der Waals surface area contributed by atoms with Gasteiger partial charge in [0, 0.05) is 19.5 Å². The molecule has 1 atom stereocenters. The van der Waals surface area contributed by atoms with Gasteiger partial charge in [-0.1, -0.05) is 107 Å². The van der Waals surface area contributed by atoms with Gasteiger partial charge in [0.2, 0.25) is 5.91 Å². The highest BCUT2D eigenvalue weighted by molar-refractivity contribution is 5.88. The zero-order valence-electron chi connectivity index (χ0n) is 23.5. The first-order valence-corrected chi connectivity index (χ1v) is 13.6. The van der Waals surface area contributed by atoms with Gasteiger partial charge in [0.15, 0.2) is 6.61 Å². The lowest BCUT2D eigenvalue weighted by Gasteiger charge is -2.32. The van der Waals surface area contributed by atoms with Gasteiger partial charge >= 0.3 is 0 Å². The highest BCUT2D eigenvalue weighted by atomic mass is 16.5. The van der Waals surface area contributed by atoms with E-state index in [4.69, 9.17) is 4.74 Å². The Morgan fingerprint density at radius 2 is 1.58 bits per heavy atom. The molecule has 0 aromatic heterocycles. The Labute approximate surface area is 228 Å². The van der Waals surface area contributed by atoms with Crippen LogP contribution in [0.2, 0.25) is 0 Å². The normalized spacial score (nSPS) is 12.0. The first-order chi connectivity index (χ1) is 18.2. The summed E-state index contributed by atoms with van der Waals surface area (Å²) in [5.74, 6) is 0.332. The summed E-state index contributed by atoms with van der Waals surface area (Å²) >= 11 is 0. The van der Waals surface area contributed by atoms with Crippen LogP contribution in [0.4, 0.5) is 0 Å². The number of nitrogens with zero attached hydrogens (tertiary/aromatic N) is 1. The predicted octanol–water partition coefficient (Wildman–Crippen LogP) is 6.23. The lowest BCUT2D eigenvalue weighted by Crippen LogP contribution is -2.52. The number of ether oxygens (including phenoxy) is 1. The number of benzene rings is 3. The van der Waals surface area contributed by atoms with Gasteiger partial charge in [-0.2, -0.15) is 0 Å². The van der Waals surface area contributed by atoms with E-state index in [0.29, 0.717) is 25.3 Å². The third-order valence-corrected chi connectivity index (χ3v) is 6.75. The molecule has 0 saturated carbocycles. The summed E-state index contributed by atoms with van der Waals surface area (Å²) in [5, 5.41) is 3.07. The smallest absolute Gasteiger partial charge is 0.261 e. The van der Waals surface area contributed by atoms with E-state index in [1.807, 2.05) is 85.8 Å². The predicted molar refractivity (Wildman–Crippen MR) is 154 cm³/mol. The molecule has 0 spiro atoms. The monoisotopic (exact) mass is 514 g/mol. The van der Waals surface area contributed by atoms with Gasteiger partial charge in [-0.3, -0.25) is 9.59 Å². The molecular formula is C33H42N2O3. The maximum atomic E-state index is 13.9. The van der Waals surface area contributed by atoms with Gasteiger partial charge in [-0.15, -0.1) is 0 Å². The average Bonchev–Trinajstić information content (AvgIpc) is 2.90. The minimum atomic E-state index is -0.664. The number of rotatable bonds is 12. The Balaban J connectivity index is 1.93. The molecule has 1 N–H and O–H groups in total. The van der Waals surface area contributed by atoms with E-state index in [-0.39, 0.29) is 23.8 Å². The van der Waals surface area contributed by atoms with E-state index >= 15 is 0 Å². The SMILES string of the molecule is CCCCNC(=O)[C@@H](Cc1ccccc1)N(Cc1ccccc1C)C(=O)COc1ccccc1C(C)(C)C. The van der Waals surface area contributed by atoms with Crippen molar-refractivity contribution in [3.8, 4) is 5.75 Å². The summed E-state index contributed by atoms with van der Waals surface area (Å²) in [6.45, 7) is 11.3. The first kappa shape index (κ1) is 29.0. The third kappa shape index (κ3) is 8.20. The van der Waals surface area contributed by atoms with Crippen LogP contribution in [-0.4, -0.2) is 35.9 Å². The van der Waals surface area contributed by atoms with Crippen LogP contribution in [0.1, 0.15) is 62.8 Å². The van der Waals surface area contributed by atoms with Crippen molar-refractivity contribution in [3.63, 3.8) is 0 Å². The Kier molecular flexibility index (Phi) is 10.5. The Bertz CT molecular complexity index is 1180. The Hall–Kier alpha value is -3.60. The second-order valence-corrected chi connectivity index (χ2v) is 10.8. The molecule has 0 saturated heterocycles. The fraction of sp³-hybridized carbons (Fsp3) is 0.394. The number of hydrogen-bond donors (Lipinski definition) is 1. The largest absolute Gasteiger partial charge is 0.483 e. The number of aryl methyl sites for hydroxylation is 1. The molecule has 2 amide bonds. The molecule has 202 valence electrons. The van der Waals surface area contributed by atoms with E-state index in [9.17, 15) is 9.59 Å². The summed E-state index contributed by atoms with van der Waals surface area (Å²) in [7, 11) is 0. The molecule has 3 aromatic carbocycles. The van der Waals surface area contributed by atoms with Crippen molar-refractivity contribution in [2.75, 3.05) is 13.2 Å². The maximum absolute atomic E-state index is 13.9. The van der Waals surface area contributed by atoms with E-state index in [1.165, 1.54) is 0 Å². The molecule has 0 heterocycles. The van der Waals surface area contributed by atoms with E-state index in [2.05, 4.69) is 33.0 Å². The van der Waals surface area contributed by atoms with Crippen LogP contribution in [-0.2, 0) is 28.0 Å². The number of nitrogens with one attached hydrogen (secondary N) is 1. The number of carbonyl (C=O) groups excluding carboxylic acids is 2. The van der Waals surface area contributed by atoms with Crippen molar-refractivity contribution in [1.29, 1.82) is 0 Å². The Morgan fingerprint density at radius 3 is 2.26 bits per heavy atom. The van der Waals surface area contributed by atoms with E-state index < -0.39 is 6.04 Å². The number of carbonyl (C=O) groups is 2. The van der Waals surface area contributed by atoms with Crippen molar-refractivity contribution >= 4 is 11.8 Å². The molecule has 0 radical (unpaired) electrons. The average molecular weight is 515 g/mol. The van der Waals surface area contributed by atoms with Crippen LogP contribution in [0.5, 0.6) is 5.75 Å². The summed E-state index contributed by atoms with van der Waals surface area (Å²) in [5.41, 5.74) is 4.00. The standard InChI is InChI=1S/C33H42N2O3/c1-6-7-21-34-32(37)29(22-26-16-9-8-10-17-26)35(23-27-18-12-11-15-25(27)2)31(36)24-38-30-20-14-13-19-28(30)33(3,4)5/h8-20,29H,6-7,21-24H2,1-5H3,(H,34,37)/t29-/m1/s1. The third-order valence-electron chi connectivity index (χ3n) is 6.75. The molecule has 3 aromatic rings. The zero-order valence-corrected chi connectivity index (χ0v) is 23.5. The molecular weight excluding hydrogens is 472 g/mol. The zero-order chi connectivity index (χ0) is 27.5. The lowest BCUT2D eigenvalue weighted by atomic mass is 9.86. The summed E-state index contributed by atoms with van der Waals surface area (Å²) in [6, 6.07) is 25.0. The van der Waals surface area contributed by atoms with Gasteiger partial charge in [0.25, 0.3) is 5.91 Å².